The molecule has 0 aliphatic heterocycles. The van der Waals surface area contributed by atoms with Gasteiger partial charge in [0.25, 0.3) is 5.91 Å². The molecule has 2 aromatic rings. The van der Waals surface area contributed by atoms with E-state index in [-0.39, 0.29) is 11.9 Å². The van der Waals surface area contributed by atoms with Crippen LogP contribution >= 0.6 is 11.3 Å². The second-order valence-electron chi connectivity index (χ2n) is 4.76. The summed E-state index contributed by atoms with van der Waals surface area (Å²) < 4.78 is 11.1. The van der Waals surface area contributed by atoms with E-state index in [4.69, 9.17) is 5.73 Å². The summed E-state index contributed by atoms with van der Waals surface area (Å²) in [5, 5.41) is 3.62. The lowest BCUT2D eigenvalue weighted by molar-refractivity contribution is 0.0948. The quantitative estimate of drug-likeness (QED) is 0.899. The van der Waals surface area contributed by atoms with Gasteiger partial charge >= 0.3 is 0 Å². The van der Waals surface area contributed by atoms with Crippen LogP contribution in [0.5, 0.6) is 0 Å². The van der Waals surface area contributed by atoms with Gasteiger partial charge in [0.1, 0.15) is 9.71 Å². The smallest absolute Gasteiger partial charge is 0.263 e. The standard InChI is InChI=1S/C13H17N3O2S2/c1-7-4-5-9-10(14)11(19-13(9)16-7)12(17)15-8(2)6-20(3)18/h4-5,8H,6,14H2,1-3H3,(H,15,17). The number of nitrogens with two attached hydrogens (primary N) is 1. The maximum atomic E-state index is 12.2. The fourth-order valence-electron chi connectivity index (χ4n) is 1.94. The number of nitrogens with one attached hydrogen (secondary N) is 1. The molecule has 0 aliphatic rings. The summed E-state index contributed by atoms with van der Waals surface area (Å²) in [6.07, 6.45) is 1.61. The lowest BCUT2D eigenvalue weighted by Crippen LogP contribution is -2.36. The molecule has 108 valence electrons. The van der Waals surface area contributed by atoms with Crippen molar-refractivity contribution in [2.24, 2.45) is 0 Å². The molecule has 20 heavy (non-hydrogen) atoms. The molecule has 0 saturated carbocycles. The molecule has 2 atom stereocenters. The summed E-state index contributed by atoms with van der Waals surface area (Å²) in [5.74, 6) is 0.189. The van der Waals surface area contributed by atoms with E-state index < -0.39 is 10.8 Å². The van der Waals surface area contributed by atoms with Gasteiger partial charge in [-0.1, -0.05) is 0 Å². The molecular weight excluding hydrogens is 294 g/mol. The van der Waals surface area contributed by atoms with Crippen LogP contribution in [-0.4, -0.2) is 33.2 Å². The highest BCUT2D eigenvalue weighted by Crippen LogP contribution is 2.32. The fraction of sp³-hybridized carbons (Fsp3) is 0.385. The molecule has 0 saturated heterocycles. The van der Waals surface area contributed by atoms with Crippen molar-refractivity contribution in [1.29, 1.82) is 0 Å². The van der Waals surface area contributed by atoms with Crippen LogP contribution in [0, 0.1) is 6.92 Å². The highest BCUT2D eigenvalue weighted by atomic mass is 32.2. The predicted molar refractivity (Wildman–Crippen MR) is 84.6 cm³/mol. The van der Waals surface area contributed by atoms with E-state index in [1.807, 2.05) is 26.0 Å². The molecule has 2 aromatic heterocycles. The zero-order valence-electron chi connectivity index (χ0n) is 11.6. The minimum atomic E-state index is -0.947. The van der Waals surface area contributed by atoms with E-state index in [1.54, 1.807) is 6.26 Å². The summed E-state index contributed by atoms with van der Waals surface area (Å²) >= 11 is 1.28. The van der Waals surface area contributed by atoms with Gasteiger partial charge in [-0.2, -0.15) is 0 Å². The number of fused-ring (bicyclic) bond motifs is 1. The minimum Gasteiger partial charge on any atom is -0.397 e. The predicted octanol–water partition coefficient (Wildman–Crippen LogP) is 1.68. The number of aryl methyl sites for hydroxylation is 1. The van der Waals surface area contributed by atoms with Gasteiger partial charge in [-0.25, -0.2) is 4.98 Å². The number of aromatic nitrogens is 1. The van der Waals surface area contributed by atoms with Crippen LogP contribution in [0.4, 0.5) is 5.69 Å². The molecular formula is C13H17N3O2S2. The molecule has 2 rings (SSSR count). The van der Waals surface area contributed by atoms with Gasteiger partial charge in [0.2, 0.25) is 0 Å². The largest absolute Gasteiger partial charge is 0.397 e. The summed E-state index contributed by atoms with van der Waals surface area (Å²) in [6.45, 7) is 3.72. The highest BCUT2D eigenvalue weighted by molar-refractivity contribution is 7.84. The Bertz CT molecular complexity index is 682. The maximum Gasteiger partial charge on any atom is 0.263 e. The number of nitrogens with zero attached hydrogens (tertiary/aromatic N) is 1. The number of carbonyl (C=O) groups excluding carboxylic acids is 1. The lowest BCUT2D eigenvalue weighted by Gasteiger charge is -2.11. The van der Waals surface area contributed by atoms with Crippen molar-refractivity contribution in [3.63, 3.8) is 0 Å². The average molecular weight is 311 g/mol. The number of nitrogen functional groups attached to an aromatic ring is 1. The summed E-state index contributed by atoms with van der Waals surface area (Å²) in [6, 6.07) is 3.59. The van der Waals surface area contributed by atoms with Crippen molar-refractivity contribution in [1.82, 2.24) is 10.3 Å². The van der Waals surface area contributed by atoms with Gasteiger partial charge in [0, 0.05) is 39.9 Å². The molecule has 5 nitrogen and oxygen atoms in total. The molecule has 0 aromatic carbocycles. The molecule has 0 radical (unpaired) electrons. The van der Waals surface area contributed by atoms with Crippen LogP contribution in [0.25, 0.3) is 10.2 Å². The van der Waals surface area contributed by atoms with E-state index in [0.717, 1.165) is 15.9 Å². The van der Waals surface area contributed by atoms with E-state index >= 15 is 0 Å². The Morgan fingerprint density at radius 3 is 2.90 bits per heavy atom. The number of rotatable bonds is 4. The second kappa shape index (κ2) is 5.88. The van der Waals surface area contributed by atoms with Gasteiger partial charge < -0.3 is 11.1 Å². The lowest BCUT2D eigenvalue weighted by atomic mass is 10.2. The van der Waals surface area contributed by atoms with Crippen molar-refractivity contribution >= 4 is 43.9 Å². The van der Waals surface area contributed by atoms with Crippen molar-refractivity contribution in [2.75, 3.05) is 17.7 Å². The third-order valence-electron chi connectivity index (χ3n) is 2.80. The molecule has 0 aliphatic carbocycles. The number of hydrogen-bond acceptors (Lipinski definition) is 5. The zero-order chi connectivity index (χ0) is 14.9. The molecule has 7 heteroatoms. The molecule has 0 bridgehead atoms. The van der Waals surface area contributed by atoms with Crippen LogP contribution in [0.1, 0.15) is 22.3 Å². The van der Waals surface area contributed by atoms with E-state index in [1.165, 1.54) is 11.3 Å². The Kier molecular flexibility index (Phi) is 4.39. The molecule has 1 amide bonds. The molecule has 0 spiro atoms. The van der Waals surface area contributed by atoms with Gasteiger partial charge in [0.05, 0.1) is 5.69 Å². The first-order valence-corrected chi connectivity index (χ1v) is 8.69. The molecule has 2 unspecified atom stereocenters. The van der Waals surface area contributed by atoms with Crippen molar-refractivity contribution in [2.45, 2.75) is 19.9 Å². The minimum absolute atomic E-state index is 0.160. The molecule has 3 N–H and O–H groups in total. The van der Waals surface area contributed by atoms with Gasteiger partial charge in [0.15, 0.2) is 0 Å². The Morgan fingerprint density at radius 2 is 2.25 bits per heavy atom. The van der Waals surface area contributed by atoms with Crippen LogP contribution in [-0.2, 0) is 10.8 Å². The van der Waals surface area contributed by atoms with E-state index in [9.17, 15) is 9.00 Å². The Balaban J connectivity index is 2.26. The Labute approximate surface area is 124 Å². The van der Waals surface area contributed by atoms with Crippen LogP contribution in [0.15, 0.2) is 12.1 Å². The summed E-state index contributed by atoms with van der Waals surface area (Å²) in [7, 11) is -0.947. The monoisotopic (exact) mass is 311 g/mol. The number of thiophene rings is 1. The zero-order valence-corrected chi connectivity index (χ0v) is 13.2. The number of anilines is 1. The third kappa shape index (κ3) is 3.16. The molecule has 2 heterocycles. The van der Waals surface area contributed by atoms with Crippen LogP contribution < -0.4 is 11.1 Å². The van der Waals surface area contributed by atoms with Crippen LogP contribution in [0.3, 0.4) is 0 Å². The SMILES string of the molecule is Cc1ccc2c(N)c(C(=O)NC(C)CS(C)=O)sc2n1. The Hall–Kier alpha value is -1.47. The average Bonchev–Trinajstić information content (AvgIpc) is 2.65. The highest BCUT2D eigenvalue weighted by Gasteiger charge is 2.19. The summed E-state index contributed by atoms with van der Waals surface area (Å²) in [5.41, 5.74) is 7.36. The van der Waals surface area contributed by atoms with Gasteiger partial charge in [-0.15, -0.1) is 11.3 Å². The van der Waals surface area contributed by atoms with Gasteiger partial charge in [-0.05, 0) is 26.0 Å². The van der Waals surface area contributed by atoms with E-state index in [2.05, 4.69) is 10.3 Å². The maximum absolute atomic E-state index is 12.2. The Morgan fingerprint density at radius 1 is 1.55 bits per heavy atom. The first-order valence-electron chi connectivity index (χ1n) is 6.15. The number of carbonyl (C=O) groups is 1. The number of hydrogen-bond donors (Lipinski definition) is 2. The summed E-state index contributed by atoms with van der Waals surface area (Å²) in [4.78, 5) is 17.8. The van der Waals surface area contributed by atoms with Crippen molar-refractivity contribution < 1.29 is 9.00 Å². The van der Waals surface area contributed by atoms with Gasteiger partial charge in [-0.3, -0.25) is 9.00 Å². The number of amides is 1. The molecule has 0 fully saturated rings. The topological polar surface area (TPSA) is 85.1 Å². The van der Waals surface area contributed by atoms with E-state index in [0.29, 0.717) is 16.3 Å². The first kappa shape index (κ1) is 14.9. The fourth-order valence-corrected chi connectivity index (χ4v) is 3.77. The second-order valence-corrected chi connectivity index (χ2v) is 7.24. The normalized spacial score (nSPS) is 14.2. The third-order valence-corrected chi connectivity index (χ3v) is 4.88. The number of pyridine rings is 1. The van der Waals surface area contributed by atoms with Crippen molar-refractivity contribution in [3.05, 3.63) is 22.7 Å². The van der Waals surface area contributed by atoms with Crippen LogP contribution in [0.2, 0.25) is 0 Å². The van der Waals surface area contributed by atoms with Crippen molar-refractivity contribution in [3.8, 4) is 0 Å². The first-order chi connectivity index (χ1) is 9.38.